The van der Waals surface area contributed by atoms with Crippen LogP contribution in [0.2, 0.25) is 0 Å². The SMILES string of the molecule is C1=CCCC(c2ccc3c(c2)nc(-c2ccc(-c4ccc(-c5nc(C6=CCCC=C6)cc(-c6ccccc6)n5)cc4)cc2)c2c4ccccc4sc32)=C1. The molecule has 0 saturated heterocycles. The van der Waals surface area contributed by atoms with Gasteiger partial charge >= 0.3 is 0 Å². The Hall–Kier alpha value is -6.23. The van der Waals surface area contributed by atoms with Gasteiger partial charge in [-0.3, -0.25) is 0 Å². The average molecular weight is 698 g/mol. The van der Waals surface area contributed by atoms with Crippen LogP contribution >= 0.6 is 11.3 Å². The van der Waals surface area contributed by atoms with Crippen molar-refractivity contribution in [2.45, 2.75) is 25.7 Å². The van der Waals surface area contributed by atoms with E-state index in [4.69, 9.17) is 15.0 Å². The standard InChI is InChI=1S/C49H35N3S/c1-4-12-32(13-5-1)39-28-29-40-44(30-39)50-47(46-41-18-10-11-19-45(41)53-48(40)46)37-24-20-33(21-25-37)34-22-26-38(27-23-34)49-51-42(35-14-6-2-7-15-35)31-43(52-49)36-16-8-3-9-17-36/h1-2,4,6-8,10-12,14-31H,3,5,9,13H2. The van der Waals surface area contributed by atoms with Crippen molar-refractivity contribution in [1.29, 1.82) is 0 Å². The van der Waals surface area contributed by atoms with Gasteiger partial charge in [-0.2, -0.15) is 0 Å². The predicted octanol–water partition coefficient (Wildman–Crippen LogP) is 13.5. The number of hydrogen-bond acceptors (Lipinski definition) is 4. The summed E-state index contributed by atoms with van der Waals surface area (Å²) < 4.78 is 2.59. The number of hydrogen-bond donors (Lipinski definition) is 0. The maximum atomic E-state index is 5.41. The van der Waals surface area contributed by atoms with E-state index in [1.807, 2.05) is 17.4 Å². The molecule has 2 aliphatic rings. The van der Waals surface area contributed by atoms with E-state index in [2.05, 4.69) is 158 Å². The molecule has 8 aromatic rings. The van der Waals surface area contributed by atoms with Crippen LogP contribution in [0.3, 0.4) is 0 Å². The molecule has 3 heterocycles. The third-order valence-corrected chi connectivity index (χ3v) is 11.6. The van der Waals surface area contributed by atoms with Crippen molar-refractivity contribution >= 4 is 53.6 Å². The molecule has 0 N–H and O–H groups in total. The van der Waals surface area contributed by atoms with Gasteiger partial charge in [0.25, 0.3) is 0 Å². The molecular formula is C49H35N3S. The minimum absolute atomic E-state index is 0.733. The van der Waals surface area contributed by atoms with E-state index in [0.29, 0.717) is 0 Å². The highest BCUT2D eigenvalue weighted by Crippen LogP contribution is 2.43. The van der Waals surface area contributed by atoms with Crippen molar-refractivity contribution in [3.63, 3.8) is 0 Å². The van der Waals surface area contributed by atoms with Crippen LogP contribution in [-0.2, 0) is 0 Å². The largest absolute Gasteiger partial charge is 0.247 e. The van der Waals surface area contributed by atoms with Gasteiger partial charge in [0.2, 0.25) is 0 Å². The molecule has 252 valence electrons. The highest BCUT2D eigenvalue weighted by molar-refractivity contribution is 7.26. The maximum Gasteiger partial charge on any atom is 0.160 e. The fourth-order valence-corrected chi connectivity index (χ4v) is 8.87. The molecule has 2 aliphatic carbocycles. The normalized spacial score (nSPS) is 14.2. The van der Waals surface area contributed by atoms with Gasteiger partial charge in [0, 0.05) is 42.2 Å². The van der Waals surface area contributed by atoms with Crippen molar-refractivity contribution in [1.82, 2.24) is 15.0 Å². The monoisotopic (exact) mass is 697 g/mol. The zero-order valence-corrected chi connectivity index (χ0v) is 30.0. The highest BCUT2D eigenvalue weighted by atomic mass is 32.1. The van der Waals surface area contributed by atoms with Crippen molar-refractivity contribution in [2.24, 2.45) is 0 Å². The molecule has 10 rings (SSSR count). The molecule has 0 amide bonds. The van der Waals surface area contributed by atoms with Crippen LogP contribution < -0.4 is 0 Å². The Morgan fingerprint density at radius 2 is 1.26 bits per heavy atom. The summed E-state index contributed by atoms with van der Waals surface area (Å²) in [7, 11) is 0. The zero-order valence-electron chi connectivity index (χ0n) is 29.2. The van der Waals surface area contributed by atoms with Crippen LogP contribution in [0, 0.1) is 0 Å². The smallest absolute Gasteiger partial charge is 0.160 e. The van der Waals surface area contributed by atoms with Crippen LogP contribution in [0.25, 0.3) is 87.3 Å². The second-order valence-electron chi connectivity index (χ2n) is 13.8. The lowest BCUT2D eigenvalue weighted by molar-refractivity contribution is 1.03. The van der Waals surface area contributed by atoms with E-state index in [-0.39, 0.29) is 0 Å². The topological polar surface area (TPSA) is 38.7 Å². The van der Waals surface area contributed by atoms with Gasteiger partial charge in [-0.1, -0.05) is 146 Å². The van der Waals surface area contributed by atoms with Crippen molar-refractivity contribution < 1.29 is 0 Å². The van der Waals surface area contributed by atoms with Gasteiger partial charge in [-0.15, -0.1) is 11.3 Å². The third-order valence-electron chi connectivity index (χ3n) is 10.4. The molecule has 0 aliphatic heterocycles. The zero-order chi connectivity index (χ0) is 35.1. The van der Waals surface area contributed by atoms with Gasteiger partial charge in [-0.25, -0.2) is 15.0 Å². The van der Waals surface area contributed by atoms with Gasteiger partial charge in [-0.05, 0) is 71.7 Å². The van der Waals surface area contributed by atoms with Crippen LogP contribution in [0.4, 0.5) is 0 Å². The summed E-state index contributed by atoms with van der Waals surface area (Å²) in [5.41, 5.74) is 13.3. The quantitative estimate of drug-likeness (QED) is 0.174. The molecule has 0 unspecified atom stereocenters. The first-order valence-corrected chi connectivity index (χ1v) is 19.2. The summed E-state index contributed by atoms with van der Waals surface area (Å²) in [5, 5.41) is 3.72. The molecule has 0 spiro atoms. The molecule has 5 aromatic carbocycles. The van der Waals surface area contributed by atoms with E-state index in [1.54, 1.807) is 0 Å². The summed E-state index contributed by atoms with van der Waals surface area (Å²) in [6.45, 7) is 0. The Labute approximate surface area is 313 Å². The van der Waals surface area contributed by atoms with Gasteiger partial charge in [0.1, 0.15) is 0 Å². The molecule has 4 heteroatoms. The van der Waals surface area contributed by atoms with E-state index in [0.717, 1.165) is 87.5 Å². The molecule has 53 heavy (non-hydrogen) atoms. The van der Waals surface area contributed by atoms with Gasteiger partial charge in [0.15, 0.2) is 5.82 Å². The molecule has 0 fully saturated rings. The fourth-order valence-electron chi connectivity index (χ4n) is 7.63. The first kappa shape index (κ1) is 31.5. The molecule has 0 radical (unpaired) electrons. The van der Waals surface area contributed by atoms with Crippen molar-refractivity contribution in [3.8, 4) is 45.0 Å². The highest BCUT2D eigenvalue weighted by Gasteiger charge is 2.18. The molecular weight excluding hydrogens is 663 g/mol. The van der Waals surface area contributed by atoms with E-state index in [1.165, 1.54) is 36.7 Å². The van der Waals surface area contributed by atoms with Crippen LogP contribution in [0.5, 0.6) is 0 Å². The van der Waals surface area contributed by atoms with Crippen LogP contribution in [-0.4, -0.2) is 15.0 Å². The lowest BCUT2D eigenvalue weighted by Crippen LogP contribution is -1.98. The number of fused-ring (bicyclic) bond motifs is 5. The average Bonchev–Trinajstić information content (AvgIpc) is 3.64. The van der Waals surface area contributed by atoms with Gasteiger partial charge in [0.05, 0.1) is 22.6 Å². The Balaban J connectivity index is 1.02. The lowest BCUT2D eigenvalue weighted by atomic mass is 9.95. The second kappa shape index (κ2) is 13.4. The van der Waals surface area contributed by atoms with E-state index in [9.17, 15) is 0 Å². The Kier molecular flexibility index (Phi) is 7.96. The minimum atomic E-state index is 0.733. The number of thiophene rings is 1. The molecule has 3 aromatic heterocycles. The van der Waals surface area contributed by atoms with E-state index >= 15 is 0 Å². The summed E-state index contributed by atoms with van der Waals surface area (Å²) in [6, 6.07) is 45.6. The Morgan fingerprint density at radius 3 is 2.04 bits per heavy atom. The maximum absolute atomic E-state index is 5.41. The first-order valence-electron chi connectivity index (χ1n) is 18.4. The number of allylic oxidation sites excluding steroid dienone is 8. The van der Waals surface area contributed by atoms with Crippen LogP contribution in [0.1, 0.15) is 36.9 Å². The van der Waals surface area contributed by atoms with Crippen molar-refractivity contribution in [2.75, 3.05) is 0 Å². The summed E-state index contributed by atoms with van der Waals surface area (Å²) >= 11 is 1.87. The summed E-state index contributed by atoms with van der Waals surface area (Å²) in [6.07, 6.45) is 17.6. The molecule has 0 saturated carbocycles. The number of aromatic nitrogens is 3. The third kappa shape index (κ3) is 5.91. The number of pyridine rings is 1. The van der Waals surface area contributed by atoms with E-state index < -0.39 is 0 Å². The number of benzene rings is 5. The molecule has 0 atom stereocenters. The summed E-state index contributed by atoms with van der Waals surface area (Å²) in [4.78, 5) is 15.5. The van der Waals surface area contributed by atoms with Crippen molar-refractivity contribution in [3.05, 3.63) is 175 Å². The predicted molar refractivity (Wildman–Crippen MR) is 225 cm³/mol. The summed E-state index contributed by atoms with van der Waals surface area (Å²) in [5.74, 6) is 0.733. The fraction of sp³-hybridized carbons (Fsp3) is 0.0816. The molecule has 0 bridgehead atoms. The van der Waals surface area contributed by atoms with Gasteiger partial charge < -0.3 is 0 Å². The Morgan fingerprint density at radius 1 is 0.528 bits per heavy atom. The second-order valence-corrected chi connectivity index (χ2v) is 14.8. The minimum Gasteiger partial charge on any atom is -0.247 e. The molecule has 3 nitrogen and oxygen atoms in total. The Bertz CT molecular complexity index is 2800. The first-order chi connectivity index (χ1) is 26.2. The number of rotatable bonds is 6. The number of nitrogens with zero attached hydrogens (tertiary/aromatic N) is 3. The van der Waals surface area contributed by atoms with Crippen LogP contribution in [0.15, 0.2) is 164 Å². The lowest BCUT2D eigenvalue weighted by Gasteiger charge is -2.13.